The van der Waals surface area contributed by atoms with Crippen LogP contribution in [0.15, 0.2) is 27.7 Å². The van der Waals surface area contributed by atoms with Crippen molar-refractivity contribution in [2.24, 2.45) is 0 Å². The van der Waals surface area contributed by atoms with Gasteiger partial charge in [-0.3, -0.25) is 5.41 Å². The summed E-state index contributed by atoms with van der Waals surface area (Å²) in [6, 6.07) is 3.40. The van der Waals surface area contributed by atoms with Gasteiger partial charge >= 0.3 is 0 Å². The maximum Gasteiger partial charge on any atom is 0.224 e. The summed E-state index contributed by atoms with van der Waals surface area (Å²) >= 11 is 3.92. The molecule has 1 N–H and O–H groups in total. The van der Waals surface area contributed by atoms with Crippen LogP contribution in [-0.2, 0) is 0 Å². The highest BCUT2D eigenvalue weighted by atomic mass is 32.1. The third-order valence-corrected chi connectivity index (χ3v) is 1.10. The Morgan fingerprint density at radius 3 is 2.75 bits per heavy atom. The number of rotatable bonds is 0. The highest BCUT2D eigenvalue weighted by Gasteiger charge is 1.83. The Morgan fingerprint density at radius 1 is 1.62 bits per heavy atom. The van der Waals surface area contributed by atoms with Crippen molar-refractivity contribution in [1.29, 1.82) is 5.41 Å². The molecule has 42 valence electrons. The van der Waals surface area contributed by atoms with Gasteiger partial charge in [-0.1, -0.05) is 0 Å². The molecule has 8 heavy (non-hydrogen) atoms. The zero-order chi connectivity index (χ0) is 5.98. The van der Waals surface area contributed by atoms with Crippen LogP contribution in [0.2, 0.25) is 0 Å². The number of hydrogen-bond donors (Lipinski definition) is 2. The maximum absolute atomic E-state index is 6.98. The molecule has 0 aromatic carbocycles. The summed E-state index contributed by atoms with van der Waals surface area (Å²) in [6.07, 6.45) is 1.45. The van der Waals surface area contributed by atoms with Crippen LogP contribution in [0.1, 0.15) is 0 Å². The van der Waals surface area contributed by atoms with E-state index in [0.29, 0.717) is 4.90 Å². The summed E-state index contributed by atoms with van der Waals surface area (Å²) in [4.78, 5) is 0.563. The maximum atomic E-state index is 6.98. The van der Waals surface area contributed by atoms with Crippen LogP contribution in [0, 0.1) is 5.41 Å². The first-order valence-electron chi connectivity index (χ1n) is 2.12. The number of nitrogens with one attached hydrogen (secondary N) is 1. The SMILES string of the molecule is N=c1occcc1S. The van der Waals surface area contributed by atoms with Crippen molar-refractivity contribution in [3.05, 3.63) is 23.9 Å². The summed E-state index contributed by atoms with van der Waals surface area (Å²) in [5, 5.41) is 6.98. The Labute approximate surface area is 52.1 Å². The summed E-state index contributed by atoms with van der Waals surface area (Å²) in [6.45, 7) is 0. The van der Waals surface area contributed by atoms with Crippen molar-refractivity contribution in [2.45, 2.75) is 4.90 Å². The van der Waals surface area contributed by atoms with Gasteiger partial charge in [0.15, 0.2) is 0 Å². The zero-order valence-corrected chi connectivity index (χ0v) is 4.98. The summed E-state index contributed by atoms with van der Waals surface area (Å²) < 4.78 is 4.65. The minimum Gasteiger partial charge on any atom is -0.446 e. The van der Waals surface area contributed by atoms with Gasteiger partial charge in [-0.15, -0.1) is 12.6 Å². The van der Waals surface area contributed by atoms with Gasteiger partial charge in [-0.05, 0) is 12.1 Å². The van der Waals surface area contributed by atoms with Gasteiger partial charge in [0.05, 0.1) is 11.2 Å². The molecule has 0 amide bonds. The molecule has 0 saturated carbocycles. The first kappa shape index (κ1) is 5.44. The normalized spacial score (nSPS) is 9.12. The minimum absolute atomic E-state index is 0.107. The molecule has 0 radical (unpaired) electrons. The van der Waals surface area contributed by atoms with E-state index in [9.17, 15) is 0 Å². The van der Waals surface area contributed by atoms with E-state index >= 15 is 0 Å². The van der Waals surface area contributed by atoms with E-state index in [1.165, 1.54) is 6.26 Å². The molecule has 3 heteroatoms. The van der Waals surface area contributed by atoms with Crippen molar-refractivity contribution >= 4 is 12.6 Å². The topological polar surface area (TPSA) is 37.0 Å². The van der Waals surface area contributed by atoms with Gasteiger partial charge in [0, 0.05) is 0 Å². The first-order valence-corrected chi connectivity index (χ1v) is 2.57. The van der Waals surface area contributed by atoms with E-state index in [-0.39, 0.29) is 5.55 Å². The summed E-state index contributed by atoms with van der Waals surface area (Å²) in [5.41, 5.74) is 0.107. The van der Waals surface area contributed by atoms with Crippen LogP contribution in [0.4, 0.5) is 0 Å². The van der Waals surface area contributed by atoms with Gasteiger partial charge in [0.25, 0.3) is 0 Å². The molecule has 0 atom stereocenters. The van der Waals surface area contributed by atoms with E-state index in [1.54, 1.807) is 12.1 Å². The monoisotopic (exact) mass is 127 g/mol. The van der Waals surface area contributed by atoms with Crippen molar-refractivity contribution in [1.82, 2.24) is 0 Å². The van der Waals surface area contributed by atoms with Crippen LogP contribution in [0.25, 0.3) is 0 Å². The minimum atomic E-state index is 0.107. The largest absolute Gasteiger partial charge is 0.446 e. The molecular formula is C5H5NOS. The predicted octanol–water partition coefficient (Wildman–Crippen LogP) is 1.05. The van der Waals surface area contributed by atoms with Gasteiger partial charge in [-0.25, -0.2) is 0 Å². The molecular weight excluding hydrogens is 122 g/mol. The lowest BCUT2D eigenvalue weighted by Gasteiger charge is -1.84. The molecule has 0 aliphatic rings. The molecule has 0 aliphatic heterocycles. The Kier molecular flexibility index (Phi) is 1.39. The zero-order valence-electron chi connectivity index (χ0n) is 4.09. The average Bonchev–Trinajstić information content (AvgIpc) is 1.77. The molecule has 1 heterocycles. The average molecular weight is 127 g/mol. The molecule has 0 saturated heterocycles. The van der Waals surface area contributed by atoms with Crippen LogP contribution in [0.5, 0.6) is 0 Å². The highest BCUT2D eigenvalue weighted by molar-refractivity contribution is 7.80. The predicted molar refractivity (Wildman–Crippen MR) is 31.8 cm³/mol. The standard InChI is InChI=1S/C5H5NOS/c6-5-4(8)2-1-3-7-5/h1-3,6,8H. The van der Waals surface area contributed by atoms with Crippen LogP contribution >= 0.6 is 12.6 Å². The molecule has 0 spiro atoms. The van der Waals surface area contributed by atoms with E-state index in [2.05, 4.69) is 17.0 Å². The lowest BCUT2D eigenvalue weighted by molar-refractivity contribution is 0.469. The molecule has 0 aliphatic carbocycles. The lowest BCUT2D eigenvalue weighted by atomic mass is 10.5. The first-order chi connectivity index (χ1) is 3.80. The molecule has 2 nitrogen and oxygen atoms in total. The molecule has 1 aromatic rings. The van der Waals surface area contributed by atoms with E-state index in [0.717, 1.165) is 0 Å². The molecule has 0 unspecified atom stereocenters. The van der Waals surface area contributed by atoms with Crippen LogP contribution in [-0.4, -0.2) is 0 Å². The van der Waals surface area contributed by atoms with Gasteiger partial charge in [0.2, 0.25) is 5.55 Å². The highest BCUT2D eigenvalue weighted by Crippen LogP contribution is 1.93. The number of hydrogen-bond acceptors (Lipinski definition) is 3. The van der Waals surface area contributed by atoms with Crippen molar-refractivity contribution in [3.8, 4) is 0 Å². The second-order valence-electron chi connectivity index (χ2n) is 1.33. The summed E-state index contributed by atoms with van der Waals surface area (Å²) in [7, 11) is 0. The molecule has 0 fully saturated rings. The Hall–Kier alpha value is -0.700. The fraction of sp³-hybridized carbons (Fsp3) is 0. The van der Waals surface area contributed by atoms with E-state index < -0.39 is 0 Å². The van der Waals surface area contributed by atoms with Crippen LogP contribution < -0.4 is 5.55 Å². The van der Waals surface area contributed by atoms with Crippen molar-refractivity contribution in [2.75, 3.05) is 0 Å². The second kappa shape index (κ2) is 2.05. The van der Waals surface area contributed by atoms with E-state index in [1.807, 2.05) is 0 Å². The molecule has 1 rings (SSSR count). The second-order valence-corrected chi connectivity index (χ2v) is 1.81. The Balaban J connectivity index is 3.35. The Bertz CT molecular complexity index is 230. The van der Waals surface area contributed by atoms with Crippen LogP contribution in [0.3, 0.4) is 0 Å². The third kappa shape index (κ3) is 0.924. The third-order valence-electron chi connectivity index (χ3n) is 0.751. The van der Waals surface area contributed by atoms with Crippen molar-refractivity contribution in [3.63, 3.8) is 0 Å². The fourth-order valence-electron chi connectivity index (χ4n) is 0.374. The van der Waals surface area contributed by atoms with Crippen molar-refractivity contribution < 1.29 is 4.42 Å². The number of thiol groups is 1. The quantitative estimate of drug-likeness (QED) is 0.502. The molecule has 1 aromatic heterocycles. The van der Waals surface area contributed by atoms with E-state index in [4.69, 9.17) is 5.41 Å². The lowest BCUT2D eigenvalue weighted by Crippen LogP contribution is -1.96. The smallest absolute Gasteiger partial charge is 0.224 e. The summed E-state index contributed by atoms with van der Waals surface area (Å²) in [5.74, 6) is 0. The Morgan fingerprint density at radius 2 is 2.38 bits per heavy atom. The van der Waals surface area contributed by atoms with Gasteiger partial charge in [0.1, 0.15) is 0 Å². The van der Waals surface area contributed by atoms with Gasteiger partial charge < -0.3 is 4.42 Å². The fourth-order valence-corrected chi connectivity index (χ4v) is 0.513. The van der Waals surface area contributed by atoms with Gasteiger partial charge in [-0.2, -0.15) is 0 Å². The molecule has 0 bridgehead atoms.